The second-order valence-electron chi connectivity index (χ2n) is 16.1. The third-order valence-electron chi connectivity index (χ3n) is 12.4. The minimum absolute atomic E-state index is 0.0297. The third kappa shape index (κ3) is 10.7. The van der Waals surface area contributed by atoms with E-state index >= 15 is 0 Å². The highest BCUT2D eigenvalue weighted by Gasteiger charge is 2.42. The Labute approximate surface area is 276 Å². The Bertz CT molecular complexity index is 908. The van der Waals surface area contributed by atoms with Gasteiger partial charge < -0.3 is 24.2 Å². The molecule has 45 heavy (non-hydrogen) atoms. The summed E-state index contributed by atoms with van der Waals surface area (Å²) < 4.78 is 11.7. The van der Waals surface area contributed by atoms with Crippen molar-refractivity contribution in [2.75, 3.05) is 40.8 Å². The van der Waals surface area contributed by atoms with Crippen LogP contribution >= 0.6 is 0 Å². The van der Waals surface area contributed by atoms with Crippen LogP contribution in [0.25, 0.3) is 0 Å². The fourth-order valence-electron chi connectivity index (χ4n) is 6.90. The van der Waals surface area contributed by atoms with Crippen molar-refractivity contribution in [3.8, 4) is 0 Å². The number of hydrogen-bond acceptors (Lipinski definition) is 7. The Morgan fingerprint density at radius 3 is 1.40 bits per heavy atom. The summed E-state index contributed by atoms with van der Waals surface area (Å²) >= 11 is 0. The number of nitrogens with zero attached hydrogens (tertiary/aromatic N) is 3. The lowest BCUT2D eigenvalue weighted by molar-refractivity contribution is -0.160. The molecule has 3 fully saturated rings. The van der Waals surface area contributed by atoms with Gasteiger partial charge in [0.05, 0.1) is 0 Å². The van der Waals surface area contributed by atoms with E-state index in [2.05, 4.69) is 72.4 Å². The molecule has 8 heteroatoms. The summed E-state index contributed by atoms with van der Waals surface area (Å²) in [6.45, 7) is 22.4. The molecule has 3 aliphatic heterocycles. The number of carbonyl (C=O) groups is 3. The van der Waals surface area contributed by atoms with E-state index in [0.29, 0.717) is 30.6 Å². The van der Waals surface area contributed by atoms with Crippen LogP contribution in [0.3, 0.4) is 0 Å². The zero-order valence-corrected chi connectivity index (χ0v) is 31.2. The van der Waals surface area contributed by atoms with Gasteiger partial charge in [-0.05, 0) is 79.8 Å². The van der Waals surface area contributed by atoms with Gasteiger partial charge in [0.15, 0.2) is 0 Å². The maximum Gasteiger partial charge on any atom is 0.306 e. The normalized spacial score (nSPS) is 29.8. The molecule has 1 amide bonds. The number of likely N-dealkylation sites (tertiary alicyclic amines) is 3. The van der Waals surface area contributed by atoms with E-state index in [0.717, 1.165) is 77.4 Å². The molecule has 0 radical (unpaired) electrons. The molecule has 0 aliphatic carbocycles. The van der Waals surface area contributed by atoms with Crippen LogP contribution in [0.1, 0.15) is 133 Å². The van der Waals surface area contributed by atoms with Crippen molar-refractivity contribution in [1.82, 2.24) is 14.7 Å². The fourth-order valence-corrected chi connectivity index (χ4v) is 6.90. The monoisotopic (exact) mass is 636 g/mol. The lowest BCUT2D eigenvalue weighted by Gasteiger charge is -2.48. The van der Waals surface area contributed by atoms with Gasteiger partial charge in [0, 0.05) is 67.9 Å². The fraction of sp³-hybridized carbons (Fsp3) is 0.919. The zero-order valence-electron chi connectivity index (χ0n) is 31.2. The van der Waals surface area contributed by atoms with Crippen molar-refractivity contribution in [3.05, 3.63) is 0 Å². The maximum atomic E-state index is 12.3. The molecule has 0 aromatic carbocycles. The average Bonchev–Trinajstić information content (AvgIpc) is 2.97. The van der Waals surface area contributed by atoms with E-state index in [1.54, 1.807) is 0 Å². The van der Waals surface area contributed by atoms with Crippen LogP contribution in [-0.4, -0.2) is 96.6 Å². The molecular formula is C37H69N3O5. The van der Waals surface area contributed by atoms with E-state index in [1.165, 1.54) is 0 Å². The lowest BCUT2D eigenvalue weighted by Crippen LogP contribution is -2.56. The van der Waals surface area contributed by atoms with Crippen molar-refractivity contribution in [1.29, 1.82) is 0 Å². The Morgan fingerprint density at radius 2 is 1.02 bits per heavy atom. The molecule has 5 unspecified atom stereocenters. The second kappa shape index (κ2) is 16.9. The van der Waals surface area contributed by atoms with Gasteiger partial charge in [0.2, 0.25) is 5.91 Å². The molecule has 8 nitrogen and oxygen atoms in total. The molecular weight excluding hydrogens is 566 g/mol. The van der Waals surface area contributed by atoms with Gasteiger partial charge in [0.25, 0.3) is 0 Å². The molecule has 0 aromatic heterocycles. The Morgan fingerprint density at radius 1 is 0.644 bits per heavy atom. The predicted molar refractivity (Wildman–Crippen MR) is 183 cm³/mol. The van der Waals surface area contributed by atoms with Gasteiger partial charge in [-0.2, -0.15) is 0 Å². The Balaban J connectivity index is 0.000000537. The van der Waals surface area contributed by atoms with Gasteiger partial charge in [-0.1, -0.05) is 60.3 Å². The summed E-state index contributed by atoms with van der Waals surface area (Å²) in [5.41, 5.74) is -0.0395. The summed E-state index contributed by atoms with van der Waals surface area (Å²) in [5, 5.41) is 0. The molecule has 3 rings (SSSR count). The number of carbonyl (C=O) groups excluding carboxylic acids is 3. The number of ether oxygens (including phenoxy) is 2. The first-order chi connectivity index (χ1) is 20.8. The van der Waals surface area contributed by atoms with E-state index in [1.807, 2.05) is 25.8 Å². The summed E-state index contributed by atoms with van der Waals surface area (Å²) in [4.78, 5) is 42.8. The van der Waals surface area contributed by atoms with E-state index < -0.39 is 0 Å². The van der Waals surface area contributed by atoms with Crippen molar-refractivity contribution in [3.63, 3.8) is 0 Å². The van der Waals surface area contributed by atoms with Crippen molar-refractivity contribution >= 4 is 17.8 Å². The van der Waals surface area contributed by atoms with E-state index in [-0.39, 0.29) is 46.5 Å². The van der Waals surface area contributed by atoms with Gasteiger partial charge in [-0.3, -0.25) is 14.4 Å². The average molecular weight is 636 g/mol. The molecule has 0 bridgehead atoms. The van der Waals surface area contributed by atoms with Gasteiger partial charge >= 0.3 is 11.9 Å². The molecule has 0 N–H and O–H groups in total. The maximum absolute atomic E-state index is 12.3. The quantitative estimate of drug-likeness (QED) is 0.180. The predicted octanol–water partition coefficient (Wildman–Crippen LogP) is 6.94. The molecule has 0 aromatic rings. The molecule has 3 heterocycles. The van der Waals surface area contributed by atoms with Crippen LogP contribution in [0.5, 0.6) is 0 Å². The van der Waals surface area contributed by atoms with Crippen LogP contribution in [0, 0.1) is 23.2 Å². The van der Waals surface area contributed by atoms with Crippen LogP contribution in [0.4, 0.5) is 0 Å². The van der Waals surface area contributed by atoms with Crippen LogP contribution in [-0.2, 0) is 23.9 Å². The minimum atomic E-state index is -0.146. The highest BCUT2D eigenvalue weighted by Crippen LogP contribution is 2.36. The number of hydrogen-bond donors (Lipinski definition) is 0. The number of rotatable bonds is 11. The second-order valence-corrected chi connectivity index (χ2v) is 16.1. The smallest absolute Gasteiger partial charge is 0.306 e. The number of piperidine rings is 3. The summed E-state index contributed by atoms with van der Waals surface area (Å²) in [7, 11) is 6.18. The zero-order chi connectivity index (χ0) is 34.2. The third-order valence-corrected chi connectivity index (χ3v) is 12.4. The topological polar surface area (TPSA) is 79.4 Å². The van der Waals surface area contributed by atoms with Gasteiger partial charge in [-0.15, -0.1) is 0 Å². The molecule has 262 valence electrons. The molecule has 3 aliphatic rings. The molecule has 0 saturated carbocycles. The molecule has 3 saturated heterocycles. The number of unbranched alkanes of at least 4 members (excludes halogenated alkanes) is 5. The molecule has 5 atom stereocenters. The Kier molecular flexibility index (Phi) is 14.9. The highest BCUT2D eigenvalue weighted by molar-refractivity contribution is 5.82. The first kappa shape index (κ1) is 39.5. The van der Waals surface area contributed by atoms with Crippen LogP contribution < -0.4 is 0 Å². The van der Waals surface area contributed by atoms with Gasteiger partial charge in [0.1, 0.15) is 12.2 Å². The Hall–Kier alpha value is -1.67. The minimum Gasteiger partial charge on any atom is -0.462 e. The van der Waals surface area contributed by atoms with Crippen molar-refractivity contribution in [2.45, 2.75) is 156 Å². The van der Waals surface area contributed by atoms with Crippen LogP contribution in [0.15, 0.2) is 0 Å². The standard InChI is InChI=1S/C28H52N2O4.C9H17NO/c1-21-23(17-19-29(7)27(21,3)4)33-25(31)15-13-11-9-10-12-14-16-26(32)34-24-18-20-30(8)28(5,6)22(24)2;1-7-5-6-10(4)8(11)9(7,2)3/h21-24H,9-20H2,1-8H3;7H,5-6H2,1-4H3. The van der Waals surface area contributed by atoms with Gasteiger partial charge in [-0.25, -0.2) is 0 Å². The number of amides is 1. The van der Waals surface area contributed by atoms with Crippen molar-refractivity contribution in [2.24, 2.45) is 23.2 Å². The van der Waals surface area contributed by atoms with Crippen molar-refractivity contribution < 1.29 is 23.9 Å². The first-order valence-corrected chi connectivity index (χ1v) is 17.9. The van der Waals surface area contributed by atoms with E-state index in [4.69, 9.17) is 9.47 Å². The number of esters is 2. The van der Waals surface area contributed by atoms with E-state index in [9.17, 15) is 14.4 Å². The SMILES string of the molecule is CC1C(OC(=O)CCCCCCCCC(=O)OC2CCN(C)C(C)(C)C2C)CCN(C)C1(C)C.CC1CCN(C)C(=O)C1(C)C. The summed E-state index contributed by atoms with van der Waals surface area (Å²) in [6.07, 6.45) is 10.1. The molecule has 0 spiro atoms. The summed E-state index contributed by atoms with van der Waals surface area (Å²) in [6, 6.07) is 0. The first-order valence-electron chi connectivity index (χ1n) is 17.9. The van der Waals surface area contributed by atoms with Crippen LogP contribution in [0.2, 0.25) is 0 Å². The largest absolute Gasteiger partial charge is 0.462 e. The summed E-state index contributed by atoms with van der Waals surface area (Å²) in [5.74, 6) is 1.37. The lowest BCUT2D eigenvalue weighted by atomic mass is 9.74. The highest BCUT2D eigenvalue weighted by atomic mass is 16.5.